The molecule has 1 aliphatic heterocycles. The second-order valence-corrected chi connectivity index (χ2v) is 7.06. The molecule has 1 saturated heterocycles. The van der Waals surface area contributed by atoms with Gasteiger partial charge in [-0.05, 0) is 17.5 Å². The first-order valence-corrected chi connectivity index (χ1v) is 9.44. The zero-order chi connectivity index (χ0) is 19.2. The van der Waals surface area contributed by atoms with Gasteiger partial charge in [0.05, 0.1) is 10.5 Å². The zero-order valence-corrected chi connectivity index (χ0v) is 15.4. The number of nitrogens with zero attached hydrogens (tertiary/aromatic N) is 4. The maximum absolute atomic E-state index is 12.1. The highest BCUT2D eigenvalue weighted by Crippen LogP contribution is 2.28. The van der Waals surface area contributed by atoms with E-state index in [-0.39, 0.29) is 16.5 Å². The average molecular weight is 385 g/mol. The van der Waals surface area contributed by atoms with Gasteiger partial charge in [-0.3, -0.25) is 19.8 Å². The van der Waals surface area contributed by atoms with Crippen LogP contribution in [0.1, 0.15) is 12.0 Å². The summed E-state index contributed by atoms with van der Waals surface area (Å²) in [4.78, 5) is 27.1. The molecular weight excluding hydrogens is 366 g/mol. The molecule has 140 valence electrons. The number of nitro groups is 1. The zero-order valence-electron chi connectivity index (χ0n) is 14.6. The third-order valence-corrected chi connectivity index (χ3v) is 5.31. The van der Waals surface area contributed by atoms with Crippen LogP contribution >= 0.6 is 11.3 Å². The quantitative estimate of drug-likeness (QED) is 0.606. The number of carbonyl (C=O) groups excluding carboxylic acids is 1. The third kappa shape index (κ3) is 4.61. The van der Waals surface area contributed by atoms with Crippen molar-refractivity contribution in [2.45, 2.75) is 6.42 Å². The number of para-hydroxylation sites is 2. The normalized spacial score (nSPS) is 14.6. The summed E-state index contributed by atoms with van der Waals surface area (Å²) in [5, 5.41) is 25.3. The lowest BCUT2D eigenvalue weighted by Gasteiger charge is -2.35. The Morgan fingerprint density at radius 2 is 2.00 bits per heavy atom. The summed E-state index contributed by atoms with van der Waals surface area (Å²) in [5.74, 6) is -0.116. The fourth-order valence-corrected chi connectivity index (χ4v) is 3.79. The Hall–Kier alpha value is -2.96. The van der Waals surface area contributed by atoms with Gasteiger partial charge < -0.3 is 10.2 Å². The van der Waals surface area contributed by atoms with E-state index in [0.29, 0.717) is 42.3 Å². The summed E-state index contributed by atoms with van der Waals surface area (Å²) in [7, 11) is 0. The highest BCUT2D eigenvalue weighted by Gasteiger charge is 2.23. The fraction of sp³-hybridized carbons (Fsp3) is 0.333. The first kappa shape index (κ1) is 18.8. The molecule has 2 heterocycles. The monoisotopic (exact) mass is 385 g/mol. The molecule has 2 aromatic rings. The van der Waals surface area contributed by atoms with E-state index in [1.807, 2.05) is 4.90 Å². The summed E-state index contributed by atoms with van der Waals surface area (Å²) in [5.41, 5.74) is 1.24. The number of hydrogen-bond donors (Lipinski definition) is 1. The molecule has 0 bridgehead atoms. The van der Waals surface area contributed by atoms with E-state index < -0.39 is 0 Å². The van der Waals surface area contributed by atoms with E-state index in [2.05, 4.69) is 16.3 Å². The van der Waals surface area contributed by atoms with Gasteiger partial charge in [-0.1, -0.05) is 12.1 Å². The first-order valence-electron chi connectivity index (χ1n) is 8.56. The summed E-state index contributed by atoms with van der Waals surface area (Å²) in [6.07, 6.45) is 0.342. The predicted molar refractivity (Wildman–Crippen MR) is 104 cm³/mol. The van der Waals surface area contributed by atoms with Gasteiger partial charge in [-0.25, -0.2) is 0 Å². The number of amides is 1. The number of piperazine rings is 1. The lowest BCUT2D eigenvalue weighted by atomic mass is 10.2. The van der Waals surface area contributed by atoms with Crippen molar-refractivity contribution < 1.29 is 9.72 Å². The summed E-state index contributed by atoms with van der Waals surface area (Å²) < 4.78 is 0. The average Bonchev–Trinajstić information content (AvgIpc) is 3.14. The van der Waals surface area contributed by atoms with Gasteiger partial charge in [0.1, 0.15) is 16.8 Å². The first-order chi connectivity index (χ1) is 13.1. The molecule has 0 saturated carbocycles. The van der Waals surface area contributed by atoms with Crippen LogP contribution in [0.15, 0.2) is 35.7 Å². The molecule has 9 heteroatoms. The smallest absolute Gasteiger partial charge is 0.292 e. The van der Waals surface area contributed by atoms with Crippen LogP contribution in [-0.4, -0.2) is 48.5 Å². The molecule has 1 aromatic carbocycles. The van der Waals surface area contributed by atoms with Gasteiger partial charge in [0.2, 0.25) is 5.91 Å². The van der Waals surface area contributed by atoms with Gasteiger partial charge in [0.25, 0.3) is 5.69 Å². The number of anilines is 2. The van der Waals surface area contributed by atoms with Crippen molar-refractivity contribution in [3.63, 3.8) is 0 Å². The van der Waals surface area contributed by atoms with E-state index in [1.54, 1.807) is 29.6 Å². The molecule has 0 aliphatic carbocycles. The van der Waals surface area contributed by atoms with Gasteiger partial charge >= 0.3 is 0 Å². The molecule has 0 unspecified atom stereocenters. The van der Waals surface area contributed by atoms with Crippen molar-refractivity contribution >= 4 is 33.6 Å². The van der Waals surface area contributed by atoms with Gasteiger partial charge in [-0.2, -0.15) is 5.26 Å². The molecule has 0 radical (unpaired) electrons. The number of benzene rings is 1. The fourth-order valence-electron chi connectivity index (χ4n) is 3.04. The summed E-state index contributed by atoms with van der Waals surface area (Å²) in [6, 6.07) is 10.5. The third-order valence-electron chi connectivity index (χ3n) is 4.49. The topological polar surface area (TPSA) is 103 Å². The molecule has 1 N–H and O–H groups in total. The summed E-state index contributed by atoms with van der Waals surface area (Å²) in [6.45, 7) is 3.44. The molecule has 3 rings (SSSR count). The van der Waals surface area contributed by atoms with E-state index in [9.17, 15) is 14.9 Å². The lowest BCUT2D eigenvalue weighted by Crippen LogP contribution is -2.47. The highest BCUT2D eigenvalue weighted by molar-refractivity contribution is 7.14. The van der Waals surface area contributed by atoms with Crippen molar-refractivity contribution in [3.8, 4) is 6.07 Å². The van der Waals surface area contributed by atoms with Crippen LogP contribution in [0, 0.1) is 21.4 Å². The standard InChI is InChI=1S/C18H19N5O3S/c19-13-14-6-12-27-18(14)20-17(24)5-7-21-8-10-22(11-9-21)15-3-1-2-4-16(15)23(25)26/h1-4,6,12H,5,7-11H2,(H,20,24). The molecule has 0 atom stereocenters. The van der Waals surface area contributed by atoms with Crippen LogP contribution in [0.3, 0.4) is 0 Å². The molecular formula is C18H19N5O3S. The Balaban J connectivity index is 1.48. The minimum Gasteiger partial charge on any atom is -0.363 e. The van der Waals surface area contributed by atoms with Crippen LogP contribution < -0.4 is 10.2 Å². The minimum atomic E-state index is -0.355. The number of rotatable bonds is 6. The van der Waals surface area contributed by atoms with Crippen LogP contribution in [0.4, 0.5) is 16.4 Å². The molecule has 1 amide bonds. The van der Waals surface area contributed by atoms with Crippen LogP contribution in [0.2, 0.25) is 0 Å². The largest absolute Gasteiger partial charge is 0.363 e. The number of nitrogens with one attached hydrogen (secondary N) is 1. The Kier molecular flexibility index (Phi) is 6.01. The second-order valence-electron chi connectivity index (χ2n) is 6.15. The van der Waals surface area contributed by atoms with Crippen molar-refractivity contribution in [2.24, 2.45) is 0 Å². The second kappa shape index (κ2) is 8.62. The maximum Gasteiger partial charge on any atom is 0.292 e. The predicted octanol–water partition coefficient (Wildman–Crippen LogP) is 2.68. The van der Waals surface area contributed by atoms with Crippen molar-refractivity contribution in [1.29, 1.82) is 5.26 Å². The maximum atomic E-state index is 12.1. The van der Waals surface area contributed by atoms with E-state index in [4.69, 9.17) is 5.26 Å². The van der Waals surface area contributed by atoms with E-state index >= 15 is 0 Å². The van der Waals surface area contributed by atoms with Crippen LogP contribution in [0.25, 0.3) is 0 Å². The molecule has 1 aromatic heterocycles. The number of hydrogen-bond acceptors (Lipinski definition) is 7. The van der Waals surface area contributed by atoms with E-state index in [0.717, 1.165) is 13.1 Å². The minimum absolute atomic E-state index is 0.116. The van der Waals surface area contributed by atoms with Crippen LogP contribution in [-0.2, 0) is 4.79 Å². The molecule has 0 spiro atoms. The number of nitro benzene ring substituents is 1. The van der Waals surface area contributed by atoms with E-state index in [1.165, 1.54) is 17.4 Å². The Morgan fingerprint density at radius 1 is 1.26 bits per heavy atom. The Bertz CT molecular complexity index is 868. The van der Waals surface area contributed by atoms with Crippen molar-refractivity contribution in [1.82, 2.24) is 4.90 Å². The van der Waals surface area contributed by atoms with Gasteiger partial charge in [-0.15, -0.1) is 11.3 Å². The SMILES string of the molecule is N#Cc1ccsc1NC(=O)CCN1CCN(c2ccccc2[N+](=O)[O-])CC1. The molecule has 27 heavy (non-hydrogen) atoms. The molecule has 1 aliphatic rings. The molecule has 1 fully saturated rings. The van der Waals surface area contributed by atoms with Crippen molar-refractivity contribution in [2.75, 3.05) is 42.9 Å². The van der Waals surface area contributed by atoms with Crippen LogP contribution in [0.5, 0.6) is 0 Å². The Labute approximate surface area is 160 Å². The lowest BCUT2D eigenvalue weighted by molar-refractivity contribution is -0.384. The summed E-state index contributed by atoms with van der Waals surface area (Å²) >= 11 is 1.34. The van der Waals surface area contributed by atoms with Gasteiger partial charge in [0, 0.05) is 45.2 Å². The van der Waals surface area contributed by atoms with Crippen molar-refractivity contribution in [3.05, 3.63) is 51.4 Å². The van der Waals surface area contributed by atoms with Gasteiger partial charge in [0.15, 0.2) is 0 Å². The Morgan fingerprint density at radius 3 is 2.70 bits per heavy atom. The highest BCUT2D eigenvalue weighted by atomic mass is 32.1. The number of nitriles is 1. The number of carbonyl (C=O) groups is 1. The molecule has 8 nitrogen and oxygen atoms in total. The number of thiophene rings is 1.